The first kappa shape index (κ1) is 10.1. The summed E-state index contributed by atoms with van der Waals surface area (Å²) in [4.78, 5) is 13.9. The minimum absolute atomic E-state index is 0.168. The highest BCUT2D eigenvalue weighted by atomic mass is 16.3. The van der Waals surface area contributed by atoms with Gasteiger partial charge in [0.25, 0.3) is 0 Å². The smallest absolute Gasteiger partial charge is 0.149 e. The summed E-state index contributed by atoms with van der Waals surface area (Å²) < 4.78 is 0. The minimum atomic E-state index is 0.168. The quantitative estimate of drug-likeness (QED) is 0.712. The second kappa shape index (κ2) is 3.99. The highest BCUT2D eigenvalue weighted by Gasteiger charge is 2.39. The van der Waals surface area contributed by atoms with Crippen molar-refractivity contribution in [1.82, 2.24) is 4.90 Å². The average Bonchev–Trinajstić information content (AvgIpc) is 2.72. The summed E-state index contributed by atoms with van der Waals surface area (Å²) in [7, 11) is 0. The summed E-state index contributed by atoms with van der Waals surface area (Å²) in [5.41, 5.74) is 0. The number of hydrogen-bond acceptors (Lipinski definition) is 3. The lowest BCUT2D eigenvalue weighted by atomic mass is 10.0. The molecule has 0 aromatic heterocycles. The van der Waals surface area contributed by atoms with Gasteiger partial charge in [-0.05, 0) is 38.6 Å². The molecule has 0 spiro atoms. The first-order valence-corrected chi connectivity index (χ1v) is 5.63. The van der Waals surface area contributed by atoms with Gasteiger partial charge in [0.1, 0.15) is 5.78 Å². The molecule has 3 nitrogen and oxygen atoms in total. The molecule has 14 heavy (non-hydrogen) atoms. The molecule has 0 radical (unpaired) electrons. The predicted octanol–water partition coefficient (Wildman–Crippen LogP) is 0.811. The normalized spacial score (nSPS) is 39.6. The van der Waals surface area contributed by atoms with E-state index < -0.39 is 0 Å². The molecule has 80 valence electrons. The van der Waals surface area contributed by atoms with Crippen LogP contribution in [0, 0.1) is 5.92 Å². The van der Waals surface area contributed by atoms with Crippen molar-refractivity contribution in [1.29, 1.82) is 0 Å². The zero-order valence-electron chi connectivity index (χ0n) is 8.78. The van der Waals surface area contributed by atoms with Gasteiger partial charge in [-0.1, -0.05) is 0 Å². The van der Waals surface area contributed by atoms with Crippen LogP contribution in [-0.2, 0) is 4.79 Å². The maximum atomic E-state index is 11.6. The third-order valence-corrected chi connectivity index (χ3v) is 3.87. The number of carbonyl (C=O) groups excluding carboxylic acids is 1. The Kier molecular flexibility index (Phi) is 2.88. The van der Waals surface area contributed by atoms with Crippen molar-refractivity contribution < 1.29 is 9.90 Å². The average molecular weight is 197 g/mol. The first-order valence-electron chi connectivity index (χ1n) is 5.63. The van der Waals surface area contributed by atoms with Gasteiger partial charge in [0.15, 0.2) is 0 Å². The van der Waals surface area contributed by atoms with E-state index in [9.17, 15) is 4.79 Å². The van der Waals surface area contributed by atoms with Gasteiger partial charge in [-0.25, -0.2) is 0 Å². The van der Waals surface area contributed by atoms with Gasteiger partial charge in [-0.15, -0.1) is 0 Å². The summed E-state index contributed by atoms with van der Waals surface area (Å²) in [6, 6.07) is 0.550. The molecule has 0 aromatic carbocycles. The van der Waals surface area contributed by atoms with Crippen molar-refractivity contribution in [3.63, 3.8) is 0 Å². The largest absolute Gasteiger partial charge is 0.396 e. The van der Waals surface area contributed by atoms with Gasteiger partial charge in [0.05, 0.1) is 6.04 Å². The Morgan fingerprint density at radius 2 is 2.29 bits per heavy atom. The van der Waals surface area contributed by atoms with Gasteiger partial charge in [0, 0.05) is 19.1 Å². The summed E-state index contributed by atoms with van der Waals surface area (Å²) in [6.45, 7) is 3.39. The lowest BCUT2D eigenvalue weighted by Gasteiger charge is -2.28. The molecule has 1 heterocycles. The molecule has 1 aliphatic heterocycles. The molecular formula is C11H19NO2. The topological polar surface area (TPSA) is 40.5 Å². The molecule has 1 N–H and O–H groups in total. The Morgan fingerprint density at radius 1 is 1.50 bits per heavy atom. The maximum absolute atomic E-state index is 11.6. The predicted molar refractivity (Wildman–Crippen MR) is 54.0 cm³/mol. The third-order valence-electron chi connectivity index (χ3n) is 3.87. The molecule has 0 aromatic rings. The number of rotatable bonds is 2. The molecule has 3 heteroatoms. The van der Waals surface area contributed by atoms with E-state index in [2.05, 4.69) is 11.8 Å². The fraction of sp³-hybridized carbons (Fsp3) is 0.909. The second-order valence-corrected chi connectivity index (χ2v) is 4.58. The number of aliphatic hydroxyl groups is 1. The number of carbonyl (C=O) groups is 1. The van der Waals surface area contributed by atoms with Crippen LogP contribution in [0.15, 0.2) is 0 Å². The molecule has 2 fully saturated rings. The molecule has 1 aliphatic carbocycles. The van der Waals surface area contributed by atoms with Crippen molar-refractivity contribution in [3.8, 4) is 0 Å². The molecule has 3 unspecified atom stereocenters. The summed E-state index contributed by atoms with van der Waals surface area (Å²) in [5.74, 6) is 0.791. The Balaban J connectivity index is 2.02. The van der Waals surface area contributed by atoms with Crippen LogP contribution in [0.3, 0.4) is 0 Å². The van der Waals surface area contributed by atoms with E-state index in [-0.39, 0.29) is 12.6 Å². The summed E-state index contributed by atoms with van der Waals surface area (Å²) in [6.07, 6.45) is 3.89. The minimum Gasteiger partial charge on any atom is -0.396 e. The van der Waals surface area contributed by atoms with E-state index in [4.69, 9.17) is 5.11 Å². The number of aliphatic hydroxyl groups excluding tert-OH is 1. The monoisotopic (exact) mass is 197 g/mol. The Labute approximate surface area is 85.1 Å². The molecule has 3 atom stereocenters. The zero-order chi connectivity index (χ0) is 10.1. The van der Waals surface area contributed by atoms with E-state index in [1.165, 1.54) is 0 Å². The van der Waals surface area contributed by atoms with Crippen LogP contribution in [0.2, 0.25) is 0 Å². The molecule has 1 saturated heterocycles. The van der Waals surface area contributed by atoms with Crippen LogP contribution >= 0.6 is 0 Å². The highest BCUT2D eigenvalue weighted by molar-refractivity contribution is 5.86. The fourth-order valence-electron chi connectivity index (χ4n) is 2.86. The van der Waals surface area contributed by atoms with Crippen molar-refractivity contribution >= 4 is 5.78 Å². The van der Waals surface area contributed by atoms with Crippen LogP contribution in [0.4, 0.5) is 0 Å². The lowest BCUT2D eigenvalue weighted by molar-refractivity contribution is -0.122. The van der Waals surface area contributed by atoms with E-state index >= 15 is 0 Å². The number of ketones is 1. The van der Waals surface area contributed by atoms with E-state index in [0.717, 1.165) is 32.2 Å². The van der Waals surface area contributed by atoms with Gasteiger partial charge < -0.3 is 5.11 Å². The fourth-order valence-corrected chi connectivity index (χ4v) is 2.86. The second-order valence-electron chi connectivity index (χ2n) is 4.58. The van der Waals surface area contributed by atoms with Crippen LogP contribution in [0.25, 0.3) is 0 Å². The van der Waals surface area contributed by atoms with Crippen molar-refractivity contribution in [2.75, 3.05) is 13.2 Å². The molecule has 2 rings (SSSR count). The number of likely N-dealkylation sites (tertiary alicyclic amines) is 1. The van der Waals surface area contributed by atoms with Gasteiger partial charge >= 0.3 is 0 Å². The number of nitrogens with zero attached hydrogens (tertiary/aromatic N) is 1. The van der Waals surface area contributed by atoms with Crippen LogP contribution in [0.5, 0.6) is 0 Å². The van der Waals surface area contributed by atoms with Gasteiger partial charge in [-0.2, -0.15) is 0 Å². The van der Waals surface area contributed by atoms with E-state index in [1.807, 2.05) is 0 Å². The van der Waals surface area contributed by atoms with Gasteiger partial charge in [0.2, 0.25) is 0 Å². The molecule has 0 bridgehead atoms. The van der Waals surface area contributed by atoms with Crippen molar-refractivity contribution in [3.05, 3.63) is 0 Å². The van der Waals surface area contributed by atoms with Crippen LogP contribution in [-0.4, -0.2) is 41.0 Å². The molecular weight excluding hydrogens is 178 g/mol. The number of hydrogen-bond donors (Lipinski definition) is 1. The number of Topliss-reactive ketones (excluding diaryl/α,β-unsaturated/α-hetero) is 1. The highest BCUT2D eigenvalue weighted by Crippen LogP contribution is 2.30. The Hall–Kier alpha value is -0.410. The standard InChI is InChI=1S/C11H19NO2/c1-8-9(7-13)5-6-12(8)10-3-2-4-11(10)14/h8-10,13H,2-7H2,1H3. The van der Waals surface area contributed by atoms with Crippen LogP contribution < -0.4 is 0 Å². The summed E-state index contributed by atoms with van der Waals surface area (Å²) in [5, 5.41) is 9.15. The summed E-state index contributed by atoms with van der Waals surface area (Å²) >= 11 is 0. The first-order chi connectivity index (χ1) is 6.74. The lowest BCUT2D eigenvalue weighted by Crippen LogP contribution is -2.42. The third kappa shape index (κ3) is 1.59. The van der Waals surface area contributed by atoms with Crippen molar-refractivity contribution in [2.45, 2.75) is 44.7 Å². The van der Waals surface area contributed by atoms with E-state index in [1.54, 1.807) is 0 Å². The van der Waals surface area contributed by atoms with Gasteiger partial charge in [-0.3, -0.25) is 9.69 Å². The maximum Gasteiger partial charge on any atom is 0.149 e. The Bertz CT molecular complexity index is 229. The Morgan fingerprint density at radius 3 is 2.79 bits per heavy atom. The van der Waals surface area contributed by atoms with Crippen molar-refractivity contribution in [2.24, 2.45) is 5.92 Å². The molecule has 0 amide bonds. The SMILES string of the molecule is CC1C(CO)CCN1C1CCCC1=O. The zero-order valence-corrected chi connectivity index (χ0v) is 8.78. The van der Waals surface area contributed by atoms with E-state index in [0.29, 0.717) is 17.7 Å². The molecule has 2 aliphatic rings. The molecule has 1 saturated carbocycles. The van der Waals surface area contributed by atoms with Crippen LogP contribution in [0.1, 0.15) is 32.6 Å².